The van der Waals surface area contributed by atoms with Crippen molar-refractivity contribution in [3.05, 3.63) is 16.1 Å². The molecule has 0 saturated carbocycles. The van der Waals surface area contributed by atoms with Crippen molar-refractivity contribution in [2.75, 3.05) is 12.0 Å². The maximum Gasteiger partial charge on any atom is 0.355 e. The Hall–Kier alpha value is -1.28. The Labute approximate surface area is 120 Å². The Morgan fingerprint density at radius 1 is 1.47 bits per heavy atom. The van der Waals surface area contributed by atoms with Crippen LogP contribution in [0.25, 0.3) is 0 Å². The van der Waals surface area contributed by atoms with Gasteiger partial charge < -0.3 is 15.7 Å². The van der Waals surface area contributed by atoms with Crippen LogP contribution in [0.1, 0.15) is 35.4 Å². The summed E-state index contributed by atoms with van der Waals surface area (Å²) in [5.74, 6) is -0.227. The summed E-state index contributed by atoms with van der Waals surface area (Å²) >= 11 is 2.87. The van der Waals surface area contributed by atoms with E-state index in [1.165, 1.54) is 16.7 Å². The van der Waals surface area contributed by atoms with Crippen molar-refractivity contribution in [3.63, 3.8) is 0 Å². The van der Waals surface area contributed by atoms with E-state index in [9.17, 15) is 9.59 Å². The Kier molecular flexibility index (Phi) is 6.10. The first kappa shape index (κ1) is 15.8. The highest BCUT2D eigenvalue weighted by atomic mass is 32.2. The van der Waals surface area contributed by atoms with E-state index in [-0.39, 0.29) is 23.8 Å². The normalized spacial score (nSPS) is 13.6. The van der Waals surface area contributed by atoms with E-state index in [1.807, 2.05) is 13.2 Å². The molecule has 0 fully saturated rings. The SMILES string of the molecule is CSCC(C)NC(=O)NC(C)c1nc(C(=O)O)cs1. The molecule has 19 heavy (non-hydrogen) atoms. The van der Waals surface area contributed by atoms with Gasteiger partial charge in [-0.1, -0.05) is 0 Å². The molecular weight excluding hydrogens is 286 g/mol. The fourth-order valence-corrected chi connectivity index (χ4v) is 2.78. The zero-order valence-electron chi connectivity index (χ0n) is 11.0. The predicted octanol–water partition coefficient (Wildman–Crippen LogP) is 1.95. The Morgan fingerprint density at radius 3 is 2.68 bits per heavy atom. The van der Waals surface area contributed by atoms with Gasteiger partial charge in [-0.3, -0.25) is 0 Å². The first-order chi connectivity index (χ1) is 8.93. The fraction of sp³-hybridized carbons (Fsp3) is 0.545. The largest absolute Gasteiger partial charge is 0.476 e. The molecule has 0 spiro atoms. The number of rotatable bonds is 6. The smallest absolute Gasteiger partial charge is 0.355 e. The summed E-state index contributed by atoms with van der Waals surface area (Å²) in [6, 6.07) is -0.520. The van der Waals surface area contributed by atoms with Gasteiger partial charge >= 0.3 is 12.0 Å². The van der Waals surface area contributed by atoms with Crippen LogP contribution in [0, 0.1) is 0 Å². The summed E-state index contributed by atoms with van der Waals surface area (Å²) in [7, 11) is 0. The molecule has 8 heteroatoms. The molecule has 1 aromatic rings. The van der Waals surface area contributed by atoms with Crippen LogP contribution in [-0.2, 0) is 0 Å². The van der Waals surface area contributed by atoms with Crippen molar-refractivity contribution in [2.24, 2.45) is 0 Å². The van der Waals surface area contributed by atoms with Gasteiger partial charge in [-0.05, 0) is 20.1 Å². The van der Waals surface area contributed by atoms with Crippen molar-refractivity contribution in [2.45, 2.75) is 25.9 Å². The Morgan fingerprint density at radius 2 is 2.16 bits per heavy atom. The lowest BCUT2D eigenvalue weighted by molar-refractivity contribution is 0.0691. The van der Waals surface area contributed by atoms with Gasteiger partial charge in [0.25, 0.3) is 0 Å². The third-order valence-corrected chi connectivity index (χ3v) is 4.11. The van der Waals surface area contributed by atoms with E-state index in [0.29, 0.717) is 5.01 Å². The fourth-order valence-electron chi connectivity index (χ4n) is 1.40. The standard InChI is InChI=1S/C11H17N3O3S2/c1-6(4-18-3)12-11(17)13-7(2)9-14-8(5-19-9)10(15)16/h5-7H,4H2,1-3H3,(H,15,16)(H2,12,13,17). The summed E-state index contributed by atoms with van der Waals surface area (Å²) < 4.78 is 0. The molecule has 0 saturated heterocycles. The monoisotopic (exact) mass is 303 g/mol. The summed E-state index contributed by atoms with van der Waals surface area (Å²) in [5.41, 5.74) is 0.00445. The van der Waals surface area contributed by atoms with Gasteiger partial charge in [0.2, 0.25) is 0 Å². The summed E-state index contributed by atoms with van der Waals surface area (Å²) in [5, 5.41) is 16.4. The lowest BCUT2D eigenvalue weighted by Crippen LogP contribution is -2.42. The van der Waals surface area contributed by atoms with Gasteiger partial charge in [0, 0.05) is 17.2 Å². The molecule has 0 bridgehead atoms. The number of amides is 2. The second-order valence-corrected chi connectivity index (χ2v) is 5.87. The molecule has 2 unspecified atom stereocenters. The van der Waals surface area contributed by atoms with Crippen LogP contribution < -0.4 is 10.6 Å². The highest BCUT2D eigenvalue weighted by molar-refractivity contribution is 7.98. The van der Waals surface area contributed by atoms with Crippen LogP contribution >= 0.6 is 23.1 Å². The number of nitrogens with one attached hydrogen (secondary N) is 2. The molecule has 0 aliphatic rings. The molecule has 1 heterocycles. The van der Waals surface area contributed by atoms with E-state index in [2.05, 4.69) is 15.6 Å². The number of urea groups is 1. The molecule has 1 rings (SSSR count). The second kappa shape index (κ2) is 7.34. The number of hydrogen-bond donors (Lipinski definition) is 3. The van der Waals surface area contributed by atoms with E-state index in [0.717, 1.165) is 5.75 Å². The quantitative estimate of drug-likeness (QED) is 0.747. The highest BCUT2D eigenvalue weighted by Gasteiger charge is 2.16. The van der Waals surface area contributed by atoms with Gasteiger partial charge in [0.1, 0.15) is 5.01 Å². The lowest BCUT2D eigenvalue weighted by atomic mass is 10.3. The molecule has 6 nitrogen and oxygen atoms in total. The van der Waals surface area contributed by atoms with Gasteiger partial charge in [0.15, 0.2) is 5.69 Å². The number of aromatic carboxylic acids is 1. The van der Waals surface area contributed by atoms with Crippen LogP contribution in [0.3, 0.4) is 0 Å². The third kappa shape index (κ3) is 5.07. The van der Waals surface area contributed by atoms with Gasteiger partial charge in [-0.2, -0.15) is 11.8 Å². The van der Waals surface area contributed by atoms with Crippen LogP contribution in [0.5, 0.6) is 0 Å². The average molecular weight is 303 g/mol. The number of hydrogen-bond acceptors (Lipinski definition) is 5. The molecule has 0 aliphatic heterocycles. The Balaban J connectivity index is 2.51. The van der Waals surface area contributed by atoms with E-state index < -0.39 is 5.97 Å². The molecule has 2 amide bonds. The molecule has 106 valence electrons. The number of aromatic nitrogens is 1. The zero-order valence-corrected chi connectivity index (χ0v) is 12.6. The summed E-state index contributed by atoms with van der Waals surface area (Å²) in [6.45, 7) is 3.69. The van der Waals surface area contributed by atoms with Gasteiger partial charge in [-0.15, -0.1) is 11.3 Å². The van der Waals surface area contributed by atoms with E-state index >= 15 is 0 Å². The van der Waals surface area contributed by atoms with E-state index in [4.69, 9.17) is 5.11 Å². The molecular formula is C11H17N3O3S2. The minimum atomic E-state index is -1.06. The average Bonchev–Trinajstić information content (AvgIpc) is 2.77. The molecule has 3 N–H and O–H groups in total. The number of thioether (sulfide) groups is 1. The lowest BCUT2D eigenvalue weighted by Gasteiger charge is -2.16. The summed E-state index contributed by atoms with van der Waals surface area (Å²) in [6.07, 6.45) is 1.97. The zero-order chi connectivity index (χ0) is 14.4. The van der Waals surface area contributed by atoms with Gasteiger partial charge in [-0.25, -0.2) is 14.6 Å². The molecule has 1 aromatic heterocycles. The first-order valence-electron chi connectivity index (χ1n) is 5.68. The van der Waals surface area contributed by atoms with Crippen molar-refractivity contribution >= 4 is 35.1 Å². The molecule has 0 aromatic carbocycles. The molecule has 0 aliphatic carbocycles. The van der Waals surface area contributed by atoms with Gasteiger partial charge in [0.05, 0.1) is 6.04 Å². The second-order valence-electron chi connectivity index (χ2n) is 4.07. The molecule has 2 atom stereocenters. The summed E-state index contributed by atoms with van der Waals surface area (Å²) in [4.78, 5) is 26.4. The maximum atomic E-state index is 11.7. The van der Waals surface area contributed by atoms with Crippen molar-refractivity contribution in [3.8, 4) is 0 Å². The topological polar surface area (TPSA) is 91.3 Å². The van der Waals surface area contributed by atoms with Crippen molar-refractivity contribution in [1.29, 1.82) is 0 Å². The van der Waals surface area contributed by atoms with E-state index in [1.54, 1.807) is 18.7 Å². The first-order valence-corrected chi connectivity index (χ1v) is 7.96. The predicted molar refractivity (Wildman–Crippen MR) is 77.0 cm³/mol. The minimum absolute atomic E-state index is 0.00445. The molecule has 0 radical (unpaired) electrons. The van der Waals surface area contributed by atoms with Crippen molar-refractivity contribution < 1.29 is 14.7 Å². The maximum absolute atomic E-state index is 11.7. The number of carboxylic acid groups (broad SMARTS) is 1. The van der Waals surface area contributed by atoms with Crippen LogP contribution in [0.15, 0.2) is 5.38 Å². The van der Waals surface area contributed by atoms with Crippen molar-refractivity contribution in [1.82, 2.24) is 15.6 Å². The number of thiazole rings is 1. The Bertz CT molecular complexity index is 450. The number of carbonyl (C=O) groups is 2. The third-order valence-electron chi connectivity index (χ3n) is 2.25. The van der Waals surface area contributed by atoms with Crippen LogP contribution in [0.2, 0.25) is 0 Å². The number of carbonyl (C=O) groups excluding carboxylic acids is 1. The van der Waals surface area contributed by atoms with Crippen LogP contribution in [-0.4, -0.2) is 40.1 Å². The van der Waals surface area contributed by atoms with Crippen LogP contribution in [0.4, 0.5) is 4.79 Å². The number of nitrogens with zero attached hydrogens (tertiary/aromatic N) is 1. The number of carboxylic acids is 1. The minimum Gasteiger partial charge on any atom is -0.476 e. The highest BCUT2D eigenvalue weighted by Crippen LogP contribution is 2.17.